The SMILES string of the molecule is CCNC(=NCc1nnc(C)n1C)NC(C)c1cc(C)ccc1OC. The molecule has 0 radical (unpaired) electrons. The van der Waals surface area contributed by atoms with E-state index in [1.54, 1.807) is 7.11 Å². The van der Waals surface area contributed by atoms with Gasteiger partial charge < -0.3 is 19.9 Å². The smallest absolute Gasteiger partial charge is 0.192 e. The number of methoxy groups -OCH3 is 1. The summed E-state index contributed by atoms with van der Waals surface area (Å²) in [6.45, 7) is 9.38. The molecular weight excluding hydrogens is 316 g/mol. The Labute approximate surface area is 149 Å². The molecule has 0 amide bonds. The third-order valence-electron chi connectivity index (χ3n) is 4.11. The van der Waals surface area contributed by atoms with Gasteiger partial charge in [0.2, 0.25) is 0 Å². The monoisotopic (exact) mass is 344 g/mol. The largest absolute Gasteiger partial charge is 0.496 e. The lowest BCUT2D eigenvalue weighted by molar-refractivity contribution is 0.405. The van der Waals surface area contributed by atoms with Crippen molar-refractivity contribution in [2.45, 2.75) is 40.3 Å². The van der Waals surface area contributed by atoms with Crippen molar-refractivity contribution >= 4 is 5.96 Å². The van der Waals surface area contributed by atoms with Crippen molar-refractivity contribution in [3.8, 4) is 5.75 Å². The number of benzene rings is 1. The van der Waals surface area contributed by atoms with E-state index in [0.29, 0.717) is 6.54 Å². The fourth-order valence-corrected chi connectivity index (χ4v) is 2.53. The minimum Gasteiger partial charge on any atom is -0.496 e. The molecule has 0 aliphatic heterocycles. The molecule has 1 unspecified atom stereocenters. The van der Waals surface area contributed by atoms with E-state index >= 15 is 0 Å². The van der Waals surface area contributed by atoms with Crippen LogP contribution in [0.2, 0.25) is 0 Å². The Bertz CT molecular complexity index is 737. The van der Waals surface area contributed by atoms with Gasteiger partial charge in [0.25, 0.3) is 0 Å². The lowest BCUT2D eigenvalue weighted by Crippen LogP contribution is -2.38. The normalized spacial score (nSPS) is 12.8. The molecule has 0 fully saturated rings. The Morgan fingerprint density at radius 3 is 2.68 bits per heavy atom. The Hall–Kier alpha value is -2.57. The molecule has 1 aromatic carbocycles. The van der Waals surface area contributed by atoms with Crippen LogP contribution in [0.3, 0.4) is 0 Å². The van der Waals surface area contributed by atoms with Crippen LogP contribution in [-0.2, 0) is 13.6 Å². The molecule has 136 valence electrons. The number of hydrogen-bond donors (Lipinski definition) is 2. The van der Waals surface area contributed by atoms with E-state index in [1.807, 2.05) is 37.6 Å². The van der Waals surface area contributed by atoms with Crippen molar-refractivity contribution in [2.24, 2.45) is 12.0 Å². The van der Waals surface area contributed by atoms with Crippen molar-refractivity contribution < 1.29 is 4.74 Å². The predicted octanol–water partition coefficient (Wildman–Crippen LogP) is 2.26. The van der Waals surface area contributed by atoms with Crippen molar-refractivity contribution in [3.05, 3.63) is 41.0 Å². The van der Waals surface area contributed by atoms with Gasteiger partial charge in [-0.2, -0.15) is 0 Å². The average molecular weight is 344 g/mol. The van der Waals surface area contributed by atoms with Crippen LogP contribution in [-0.4, -0.2) is 34.4 Å². The van der Waals surface area contributed by atoms with Crippen molar-refractivity contribution in [1.82, 2.24) is 25.4 Å². The molecule has 1 aromatic heterocycles. The highest BCUT2D eigenvalue weighted by Gasteiger charge is 2.13. The summed E-state index contributed by atoms with van der Waals surface area (Å²) in [7, 11) is 3.64. The molecule has 2 rings (SSSR count). The van der Waals surface area contributed by atoms with Crippen LogP contribution in [0.25, 0.3) is 0 Å². The highest BCUT2D eigenvalue weighted by molar-refractivity contribution is 5.80. The zero-order chi connectivity index (χ0) is 18.4. The standard InChI is InChI=1S/C18H28N6O/c1-7-19-18(20-11-17-23-22-14(4)24(17)5)21-13(3)15-10-12(2)8-9-16(15)25-6/h8-10,13H,7,11H2,1-6H3,(H2,19,20,21). The predicted molar refractivity (Wildman–Crippen MR) is 99.8 cm³/mol. The number of rotatable bonds is 6. The topological polar surface area (TPSA) is 76.4 Å². The van der Waals surface area contributed by atoms with Gasteiger partial charge in [-0.25, -0.2) is 4.99 Å². The highest BCUT2D eigenvalue weighted by Crippen LogP contribution is 2.25. The number of aromatic nitrogens is 3. The quantitative estimate of drug-likeness (QED) is 0.621. The lowest BCUT2D eigenvalue weighted by Gasteiger charge is -2.20. The highest BCUT2D eigenvalue weighted by atomic mass is 16.5. The Kier molecular flexibility index (Phi) is 6.38. The average Bonchev–Trinajstić information content (AvgIpc) is 2.91. The minimum atomic E-state index is 0.0499. The molecule has 1 atom stereocenters. The lowest BCUT2D eigenvalue weighted by atomic mass is 10.0. The number of ether oxygens (including phenoxy) is 1. The Morgan fingerprint density at radius 1 is 1.32 bits per heavy atom. The van der Waals surface area contributed by atoms with Crippen molar-refractivity contribution in [3.63, 3.8) is 0 Å². The maximum absolute atomic E-state index is 5.49. The second-order valence-corrected chi connectivity index (χ2v) is 6.03. The first-order valence-corrected chi connectivity index (χ1v) is 8.50. The van der Waals surface area contributed by atoms with Crippen LogP contribution < -0.4 is 15.4 Å². The van der Waals surface area contributed by atoms with Gasteiger partial charge >= 0.3 is 0 Å². The van der Waals surface area contributed by atoms with Gasteiger partial charge in [-0.05, 0) is 33.8 Å². The summed E-state index contributed by atoms with van der Waals surface area (Å²) in [5.74, 6) is 3.31. The molecule has 7 heteroatoms. The first kappa shape index (κ1) is 18.8. The second-order valence-electron chi connectivity index (χ2n) is 6.03. The van der Waals surface area contributed by atoms with Crippen LogP contribution in [0.4, 0.5) is 0 Å². The molecule has 0 bridgehead atoms. The first-order chi connectivity index (χ1) is 12.0. The van der Waals surface area contributed by atoms with Gasteiger partial charge in [0.05, 0.1) is 13.2 Å². The molecule has 0 saturated carbocycles. The van der Waals surface area contributed by atoms with Crippen LogP contribution >= 0.6 is 0 Å². The Balaban J connectivity index is 2.16. The van der Waals surface area contributed by atoms with E-state index in [2.05, 4.69) is 45.7 Å². The molecule has 7 nitrogen and oxygen atoms in total. The molecule has 1 heterocycles. The molecule has 25 heavy (non-hydrogen) atoms. The summed E-state index contributed by atoms with van der Waals surface area (Å²) in [5, 5.41) is 14.9. The van der Waals surface area contributed by atoms with E-state index < -0.39 is 0 Å². The first-order valence-electron chi connectivity index (χ1n) is 8.50. The van der Waals surface area contributed by atoms with Crippen LogP contribution in [0, 0.1) is 13.8 Å². The molecule has 2 aromatic rings. The molecule has 2 N–H and O–H groups in total. The van der Waals surface area contributed by atoms with Gasteiger partial charge in [0.1, 0.15) is 18.1 Å². The van der Waals surface area contributed by atoms with Gasteiger partial charge in [0, 0.05) is 19.2 Å². The molecular formula is C18H28N6O. The summed E-state index contributed by atoms with van der Waals surface area (Å²) in [6.07, 6.45) is 0. The van der Waals surface area contributed by atoms with Crippen molar-refractivity contribution in [1.29, 1.82) is 0 Å². The number of nitrogens with one attached hydrogen (secondary N) is 2. The van der Waals surface area contributed by atoms with Gasteiger partial charge in [0.15, 0.2) is 11.8 Å². The summed E-state index contributed by atoms with van der Waals surface area (Å²) in [5.41, 5.74) is 2.29. The number of guanidine groups is 1. The molecule has 0 spiro atoms. The van der Waals surface area contributed by atoms with Crippen LogP contribution in [0.1, 0.15) is 42.7 Å². The maximum Gasteiger partial charge on any atom is 0.192 e. The fourth-order valence-electron chi connectivity index (χ4n) is 2.53. The van der Waals surface area contributed by atoms with E-state index in [4.69, 9.17) is 4.74 Å². The molecule has 0 saturated heterocycles. The zero-order valence-electron chi connectivity index (χ0n) is 15.9. The Morgan fingerprint density at radius 2 is 2.08 bits per heavy atom. The summed E-state index contributed by atoms with van der Waals surface area (Å²) >= 11 is 0. The zero-order valence-corrected chi connectivity index (χ0v) is 15.9. The molecule has 0 aliphatic rings. The van der Waals surface area contributed by atoms with Gasteiger partial charge in [-0.15, -0.1) is 10.2 Å². The van der Waals surface area contributed by atoms with Crippen LogP contribution in [0.15, 0.2) is 23.2 Å². The van der Waals surface area contributed by atoms with Crippen molar-refractivity contribution in [2.75, 3.05) is 13.7 Å². The van der Waals surface area contributed by atoms with Gasteiger partial charge in [-0.1, -0.05) is 17.7 Å². The fraction of sp³-hybridized carbons (Fsp3) is 0.500. The number of hydrogen-bond acceptors (Lipinski definition) is 4. The maximum atomic E-state index is 5.49. The number of aliphatic imine (C=N–C) groups is 1. The number of nitrogens with zero attached hydrogens (tertiary/aromatic N) is 4. The van der Waals surface area contributed by atoms with Crippen LogP contribution in [0.5, 0.6) is 5.75 Å². The van der Waals surface area contributed by atoms with E-state index in [-0.39, 0.29) is 6.04 Å². The third kappa shape index (κ3) is 4.71. The summed E-state index contributed by atoms with van der Waals surface area (Å²) < 4.78 is 7.43. The second kappa shape index (κ2) is 8.50. The van der Waals surface area contributed by atoms with E-state index in [1.165, 1.54) is 5.56 Å². The van der Waals surface area contributed by atoms with E-state index in [9.17, 15) is 0 Å². The number of aryl methyl sites for hydroxylation is 2. The summed E-state index contributed by atoms with van der Waals surface area (Å²) in [6, 6.07) is 6.22. The third-order valence-corrected chi connectivity index (χ3v) is 4.11. The molecule has 0 aliphatic carbocycles. The summed E-state index contributed by atoms with van der Waals surface area (Å²) in [4.78, 5) is 4.63. The van der Waals surface area contributed by atoms with E-state index in [0.717, 1.165) is 35.5 Å². The van der Waals surface area contributed by atoms with Gasteiger partial charge in [-0.3, -0.25) is 0 Å². The minimum absolute atomic E-state index is 0.0499.